The van der Waals surface area contributed by atoms with Crippen molar-refractivity contribution in [2.75, 3.05) is 11.5 Å². The average Bonchev–Trinajstić information content (AvgIpc) is 3.35. The topological polar surface area (TPSA) is 159 Å². The third-order valence-electron chi connectivity index (χ3n) is 2.85. The van der Waals surface area contributed by atoms with Gasteiger partial charge in [0.15, 0.2) is 0 Å². The monoisotopic (exact) mass is 482 g/mol. The van der Waals surface area contributed by atoms with Crippen molar-refractivity contribution in [2.24, 2.45) is 0 Å². The van der Waals surface area contributed by atoms with Crippen molar-refractivity contribution in [2.45, 2.75) is 0 Å². The molecule has 0 saturated heterocycles. The van der Waals surface area contributed by atoms with Crippen LogP contribution in [0.15, 0.2) is 80.0 Å². The zero-order valence-corrected chi connectivity index (χ0v) is 15.9. The van der Waals surface area contributed by atoms with E-state index in [1.165, 1.54) is 23.1 Å². The first-order valence-corrected chi connectivity index (χ1v) is 8.42. The van der Waals surface area contributed by atoms with Gasteiger partial charge in [-0.1, -0.05) is 0 Å². The minimum Gasteiger partial charge on any atom is -0.440 e. The van der Waals surface area contributed by atoms with Gasteiger partial charge in [-0.15, -0.1) is 0 Å². The molecule has 11 heteroatoms. The van der Waals surface area contributed by atoms with Crippen molar-refractivity contribution < 1.29 is 8.83 Å². The Balaban J connectivity index is 0.000000159. The van der Waals surface area contributed by atoms with Gasteiger partial charge >= 0.3 is 6.01 Å². The Bertz CT molecular complexity index is 1060. The fourth-order valence-corrected chi connectivity index (χ4v) is 1.94. The molecule has 140 valence electrons. The molecule has 0 aromatic carbocycles. The molecule has 10 nitrogen and oxygen atoms in total. The zero-order valence-electron chi connectivity index (χ0n) is 13.8. The van der Waals surface area contributed by atoms with Crippen LogP contribution in [0, 0.1) is 3.90 Å². The minimum atomic E-state index is -0.329. The fourth-order valence-electron chi connectivity index (χ4n) is 1.64. The average molecular weight is 482 g/mol. The molecule has 0 bridgehead atoms. The number of halogens is 1. The van der Waals surface area contributed by atoms with Crippen LogP contribution in [0.1, 0.15) is 0 Å². The molecule has 0 saturated carbocycles. The van der Waals surface area contributed by atoms with Crippen LogP contribution >= 0.6 is 22.6 Å². The molecule has 27 heavy (non-hydrogen) atoms. The number of aromatic amines is 1. The van der Waals surface area contributed by atoms with Gasteiger partial charge in [-0.25, -0.2) is 14.5 Å². The van der Waals surface area contributed by atoms with Gasteiger partial charge < -0.3 is 25.3 Å². The van der Waals surface area contributed by atoms with Crippen LogP contribution in [0.2, 0.25) is 0 Å². The van der Waals surface area contributed by atoms with E-state index in [0.29, 0.717) is 3.90 Å². The molecule has 0 aliphatic heterocycles. The Morgan fingerprint density at radius 1 is 1.00 bits per heavy atom. The summed E-state index contributed by atoms with van der Waals surface area (Å²) in [5.41, 5.74) is 10.5. The molecule has 0 aliphatic rings. The lowest BCUT2D eigenvalue weighted by Gasteiger charge is -1.99. The van der Waals surface area contributed by atoms with E-state index < -0.39 is 0 Å². The normalized spacial score (nSPS) is 9.52. The summed E-state index contributed by atoms with van der Waals surface area (Å²) in [5.74, 6) is 0. The molecule has 4 aromatic rings. The van der Waals surface area contributed by atoms with Crippen molar-refractivity contribution >= 4 is 34.0 Å². The maximum Gasteiger partial charge on any atom is 0.308 e. The predicted molar refractivity (Wildman–Crippen MR) is 107 cm³/mol. The van der Waals surface area contributed by atoms with Gasteiger partial charge in [0.25, 0.3) is 15.0 Å². The minimum absolute atomic E-state index is 0.167. The van der Waals surface area contributed by atoms with Crippen molar-refractivity contribution in [3.05, 3.63) is 86.2 Å². The molecule has 5 N–H and O–H groups in total. The van der Waals surface area contributed by atoms with Crippen LogP contribution in [0.5, 0.6) is 0 Å². The summed E-state index contributed by atoms with van der Waals surface area (Å²) in [6.45, 7) is 0. The molecular weight excluding hydrogens is 467 g/mol. The lowest BCUT2D eigenvalue weighted by atomic mass is 10.4. The molecule has 0 spiro atoms. The van der Waals surface area contributed by atoms with Crippen molar-refractivity contribution in [1.82, 2.24) is 19.5 Å². The number of oxazole rings is 2. The highest BCUT2D eigenvalue weighted by Crippen LogP contribution is 2.01. The number of nitrogen functional groups attached to an aromatic ring is 2. The molecule has 0 aliphatic carbocycles. The van der Waals surface area contributed by atoms with E-state index in [1.807, 2.05) is 22.6 Å². The summed E-state index contributed by atoms with van der Waals surface area (Å²) in [5, 5.41) is 0. The Hall–Kier alpha value is -3.35. The molecule has 4 aromatic heterocycles. The molecule has 4 rings (SSSR count). The number of hydrogen-bond acceptors (Lipinski definition) is 8. The van der Waals surface area contributed by atoms with Crippen molar-refractivity contribution in [3.8, 4) is 6.01 Å². The molecule has 0 unspecified atom stereocenters. The number of pyridine rings is 2. The lowest BCUT2D eigenvalue weighted by Crippen LogP contribution is -2.20. The summed E-state index contributed by atoms with van der Waals surface area (Å²) in [6, 6.07) is 6.63. The highest BCUT2D eigenvalue weighted by atomic mass is 127. The summed E-state index contributed by atoms with van der Waals surface area (Å²) in [7, 11) is 0. The quantitative estimate of drug-likeness (QED) is 0.346. The fraction of sp³-hybridized carbons (Fsp3) is 0. The smallest absolute Gasteiger partial charge is 0.308 e. The maximum atomic E-state index is 11.4. The third kappa shape index (κ3) is 6.14. The number of H-pyrrole nitrogens is 1. The Labute approximate surface area is 166 Å². The first kappa shape index (κ1) is 20.0. The number of aromatic nitrogens is 4. The lowest BCUT2D eigenvalue weighted by molar-refractivity contribution is 0.522. The van der Waals surface area contributed by atoms with E-state index in [9.17, 15) is 9.59 Å². The first-order valence-electron chi connectivity index (χ1n) is 7.34. The molecule has 0 atom stereocenters. The largest absolute Gasteiger partial charge is 0.440 e. The number of rotatable bonds is 1. The van der Waals surface area contributed by atoms with Crippen LogP contribution in [0.4, 0.5) is 11.4 Å². The van der Waals surface area contributed by atoms with Gasteiger partial charge in [0.05, 0.1) is 23.8 Å². The number of anilines is 2. The second kappa shape index (κ2) is 9.96. The molecule has 4 heterocycles. The second-order valence-electron chi connectivity index (χ2n) is 4.69. The van der Waals surface area contributed by atoms with Crippen LogP contribution in [-0.2, 0) is 0 Å². The molecule has 0 radical (unpaired) electrons. The number of hydrogen-bond donors (Lipinski definition) is 3. The van der Waals surface area contributed by atoms with Crippen LogP contribution < -0.4 is 22.6 Å². The van der Waals surface area contributed by atoms with Gasteiger partial charge in [-0.3, -0.25) is 9.59 Å². The van der Waals surface area contributed by atoms with E-state index in [2.05, 4.69) is 15.0 Å². The summed E-state index contributed by atoms with van der Waals surface area (Å²) < 4.78 is 11.6. The SMILES string of the molecule is Ic1ncco1.Nc1ccc[nH]c1=O.Nc1cccn(-c2ncco2)c1=O. The second-order valence-corrected chi connectivity index (χ2v) is 5.62. The highest BCUT2D eigenvalue weighted by Gasteiger charge is 2.04. The molecular formula is C16H15IN6O4. The molecule has 0 fully saturated rings. The summed E-state index contributed by atoms with van der Waals surface area (Å²) in [6.07, 6.45) is 9.10. The molecule has 0 amide bonds. The van der Waals surface area contributed by atoms with Gasteiger partial charge in [0.1, 0.15) is 12.5 Å². The van der Waals surface area contributed by atoms with Crippen LogP contribution in [0.25, 0.3) is 6.01 Å². The number of nitrogens with zero attached hydrogens (tertiary/aromatic N) is 3. The maximum absolute atomic E-state index is 11.4. The van der Waals surface area contributed by atoms with Crippen LogP contribution in [0.3, 0.4) is 0 Å². The standard InChI is InChI=1S/C8H7N3O2.C5H6N2O.C3H2INO/c9-6-2-1-4-11(7(6)12)8-10-3-5-13-8;6-4-2-1-3-7-5(4)8;4-3-5-1-2-6-3/h1-5H,9H2;1-3H,6H2,(H,7,8);1-2H. The Morgan fingerprint density at radius 2 is 1.70 bits per heavy atom. The van der Waals surface area contributed by atoms with E-state index >= 15 is 0 Å². The van der Waals surface area contributed by atoms with E-state index in [0.717, 1.165) is 0 Å². The summed E-state index contributed by atoms with van der Waals surface area (Å²) >= 11 is 2.00. The van der Waals surface area contributed by atoms with E-state index in [-0.39, 0.29) is 28.5 Å². The van der Waals surface area contributed by atoms with Gasteiger partial charge in [-0.05, 0) is 24.3 Å². The van der Waals surface area contributed by atoms with Gasteiger partial charge in [0.2, 0.25) is 0 Å². The highest BCUT2D eigenvalue weighted by molar-refractivity contribution is 14.1. The number of nitrogens with one attached hydrogen (secondary N) is 1. The first-order chi connectivity index (χ1) is 13.0. The number of nitrogens with two attached hydrogens (primary N) is 2. The third-order valence-corrected chi connectivity index (χ3v) is 3.39. The van der Waals surface area contributed by atoms with E-state index in [1.54, 1.807) is 43.1 Å². The van der Waals surface area contributed by atoms with Crippen molar-refractivity contribution in [1.29, 1.82) is 0 Å². The predicted octanol–water partition coefficient (Wildman–Crippen LogP) is 1.64. The van der Waals surface area contributed by atoms with Crippen molar-refractivity contribution in [3.63, 3.8) is 0 Å². The van der Waals surface area contributed by atoms with Gasteiger partial charge in [-0.2, -0.15) is 0 Å². The van der Waals surface area contributed by atoms with E-state index in [4.69, 9.17) is 20.3 Å². The van der Waals surface area contributed by atoms with Gasteiger partial charge in [0, 0.05) is 35.0 Å². The zero-order chi connectivity index (χ0) is 19.6. The summed E-state index contributed by atoms with van der Waals surface area (Å²) in [4.78, 5) is 31.8. The van der Waals surface area contributed by atoms with Crippen LogP contribution in [-0.4, -0.2) is 19.5 Å². The Morgan fingerprint density at radius 3 is 2.19 bits per heavy atom. The Kier molecular flexibility index (Phi) is 7.37.